The minimum Gasteiger partial charge on any atom is -0.339 e. The van der Waals surface area contributed by atoms with Crippen LogP contribution in [0.4, 0.5) is 0 Å². The monoisotopic (exact) mass is 224 g/mol. The molecule has 2 rings (SSSR count). The molecule has 1 aliphatic heterocycles. The molecule has 1 unspecified atom stereocenters. The maximum atomic E-state index is 6.06. The standard InChI is InChI=1S/C11H20N4O/c1-2-5-10-13-11(14-16-10)9(12)8-15-6-3-4-7-15/h9H,2-8,12H2,1H3. The zero-order valence-electron chi connectivity index (χ0n) is 9.85. The predicted octanol–water partition coefficient (Wildman–Crippen LogP) is 1.12. The van der Waals surface area contributed by atoms with E-state index in [1.807, 2.05) is 0 Å². The normalized spacial score (nSPS) is 19.1. The quantitative estimate of drug-likeness (QED) is 0.811. The smallest absolute Gasteiger partial charge is 0.226 e. The summed E-state index contributed by atoms with van der Waals surface area (Å²) in [7, 11) is 0. The first-order chi connectivity index (χ1) is 7.79. The van der Waals surface area contributed by atoms with Crippen LogP contribution in [0, 0.1) is 0 Å². The van der Waals surface area contributed by atoms with Gasteiger partial charge in [-0.3, -0.25) is 0 Å². The van der Waals surface area contributed by atoms with E-state index in [-0.39, 0.29) is 6.04 Å². The van der Waals surface area contributed by atoms with Gasteiger partial charge in [-0.15, -0.1) is 0 Å². The Labute approximate surface area is 96.0 Å². The third-order valence-electron chi connectivity index (χ3n) is 2.93. The highest BCUT2D eigenvalue weighted by atomic mass is 16.5. The van der Waals surface area contributed by atoms with Crippen LogP contribution in [0.5, 0.6) is 0 Å². The van der Waals surface area contributed by atoms with Gasteiger partial charge in [0, 0.05) is 13.0 Å². The largest absolute Gasteiger partial charge is 0.339 e. The molecule has 90 valence electrons. The van der Waals surface area contributed by atoms with Crippen molar-refractivity contribution in [3.05, 3.63) is 11.7 Å². The molecule has 1 atom stereocenters. The zero-order valence-corrected chi connectivity index (χ0v) is 9.85. The fourth-order valence-corrected chi connectivity index (χ4v) is 2.06. The first-order valence-corrected chi connectivity index (χ1v) is 6.10. The van der Waals surface area contributed by atoms with Crippen LogP contribution in [0.2, 0.25) is 0 Å². The predicted molar refractivity (Wildman–Crippen MR) is 60.9 cm³/mol. The summed E-state index contributed by atoms with van der Waals surface area (Å²) in [6.45, 7) is 5.22. The molecule has 1 aromatic heterocycles. The van der Waals surface area contributed by atoms with Crippen molar-refractivity contribution in [3.63, 3.8) is 0 Å². The van der Waals surface area contributed by atoms with Crippen molar-refractivity contribution in [1.82, 2.24) is 15.0 Å². The molecule has 1 fully saturated rings. The summed E-state index contributed by atoms with van der Waals surface area (Å²) in [5, 5.41) is 3.94. The maximum absolute atomic E-state index is 6.06. The third-order valence-corrected chi connectivity index (χ3v) is 2.93. The van der Waals surface area contributed by atoms with Gasteiger partial charge in [0.05, 0.1) is 6.04 Å². The van der Waals surface area contributed by atoms with E-state index in [1.165, 1.54) is 12.8 Å². The van der Waals surface area contributed by atoms with Crippen LogP contribution in [0.15, 0.2) is 4.52 Å². The van der Waals surface area contributed by atoms with Crippen molar-refractivity contribution in [1.29, 1.82) is 0 Å². The van der Waals surface area contributed by atoms with Crippen molar-refractivity contribution in [3.8, 4) is 0 Å². The lowest BCUT2D eigenvalue weighted by Crippen LogP contribution is -2.30. The molecule has 5 nitrogen and oxygen atoms in total. The van der Waals surface area contributed by atoms with E-state index in [4.69, 9.17) is 10.3 Å². The molecule has 1 aromatic rings. The Morgan fingerprint density at radius 2 is 2.19 bits per heavy atom. The molecule has 0 aliphatic carbocycles. The number of nitrogens with zero attached hydrogens (tertiary/aromatic N) is 3. The van der Waals surface area contributed by atoms with E-state index in [9.17, 15) is 0 Å². The van der Waals surface area contributed by atoms with Gasteiger partial charge in [-0.05, 0) is 32.4 Å². The Kier molecular flexibility index (Phi) is 3.90. The third kappa shape index (κ3) is 2.80. The van der Waals surface area contributed by atoms with Crippen molar-refractivity contribution >= 4 is 0 Å². The fraction of sp³-hybridized carbons (Fsp3) is 0.818. The van der Waals surface area contributed by atoms with Gasteiger partial charge >= 0.3 is 0 Å². The van der Waals surface area contributed by atoms with E-state index >= 15 is 0 Å². The highest BCUT2D eigenvalue weighted by molar-refractivity contribution is 4.94. The summed E-state index contributed by atoms with van der Waals surface area (Å²) in [5.74, 6) is 1.35. The van der Waals surface area contributed by atoms with Crippen molar-refractivity contribution < 1.29 is 4.52 Å². The number of hydrogen-bond donors (Lipinski definition) is 1. The van der Waals surface area contributed by atoms with Crippen LogP contribution < -0.4 is 5.73 Å². The molecule has 0 spiro atoms. The molecular formula is C11H20N4O. The van der Waals surface area contributed by atoms with E-state index < -0.39 is 0 Å². The van der Waals surface area contributed by atoms with Gasteiger partial charge < -0.3 is 15.2 Å². The number of hydrogen-bond acceptors (Lipinski definition) is 5. The SMILES string of the molecule is CCCc1nc(C(N)CN2CCCC2)no1. The van der Waals surface area contributed by atoms with E-state index in [1.54, 1.807) is 0 Å². The molecule has 0 aromatic carbocycles. The molecule has 0 bridgehead atoms. The highest BCUT2D eigenvalue weighted by Gasteiger charge is 2.19. The summed E-state index contributed by atoms with van der Waals surface area (Å²) in [4.78, 5) is 6.67. The van der Waals surface area contributed by atoms with Crippen LogP contribution >= 0.6 is 0 Å². The Bertz CT molecular complexity index is 320. The summed E-state index contributed by atoms with van der Waals surface area (Å²) < 4.78 is 5.13. The van der Waals surface area contributed by atoms with Gasteiger partial charge in [-0.25, -0.2) is 0 Å². The topological polar surface area (TPSA) is 68.2 Å². The Morgan fingerprint density at radius 3 is 2.88 bits per heavy atom. The lowest BCUT2D eigenvalue weighted by Gasteiger charge is -2.17. The molecule has 2 heterocycles. The van der Waals surface area contributed by atoms with E-state index in [2.05, 4.69) is 22.0 Å². The number of aryl methyl sites for hydroxylation is 1. The minimum absolute atomic E-state index is 0.118. The van der Waals surface area contributed by atoms with Crippen LogP contribution in [0.25, 0.3) is 0 Å². The average molecular weight is 224 g/mol. The fourth-order valence-electron chi connectivity index (χ4n) is 2.06. The van der Waals surface area contributed by atoms with Crippen LogP contribution in [0.1, 0.15) is 43.9 Å². The molecule has 1 saturated heterocycles. The molecule has 0 radical (unpaired) electrons. The van der Waals surface area contributed by atoms with Crippen molar-refractivity contribution in [2.45, 2.75) is 38.6 Å². The van der Waals surface area contributed by atoms with E-state index in [0.29, 0.717) is 11.7 Å². The zero-order chi connectivity index (χ0) is 11.4. The molecule has 1 aliphatic rings. The summed E-state index contributed by atoms with van der Waals surface area (Å²) in [5.41, 5.74) is 6.06. The van der Waals surface area contributed by atoms with Crippen molar-refractivity contribution in [2.75, 3.05) is 19.6 Å². The second-order valence-electron chi connectivity index (χ2n) is 4.41. The van der Waals surface area contributed by atoms with Gasteiger partial charge in [0.25, 0.3) is 0 Å². The first-order valence-electron chi connectivity index (χ1n) is 6.10. The van der Waals surface area contributed by atoms with Gasteiger partial charge in [-0.2, -0.15) is 4.98 Å². The Hall–Kier alpha value is -0.940. The lowest BCUT2D eigenvalue weighted by atomic mass is 10.3. The Morgan fingerprint density at radius 1 is 1.44 bits per heavy atom. The second-order valence-corrected chi connectivity index (χ2v) is 4.41. The molecule has 0 saturated carbocycles. The summed E-state index contributed by atoms with van der Waals surface area (Å²) in [6, 6.07) is -0.118. The molecule has 2 N–H and O–H groups in total. The Balaban J connectivity index is 1.89. The number of rotatable bonds is 5. The minimum atomic E-state index is -0.118. The maximum Gasteiger partial charge on any atom is 0.226 e. The van der Waals surface area contributed by atoms with Gasteiger partial charge in [-0.1, -0.05) is 12.1 Å². The first kappa shape index (κ1) is 11.5. The number of nitrogens with two attached hydrogens (primary N) is 1. The highest BCUT2D eigenvalue weighted by Crippen LogP contribution is 2.13. The van der Waals surface area contributed by atoms with Gasteiger partial charge in [0.1, 0.15) is 0 Å². The molecular weight excluding hydrogens is 204 g/mol. The molecule has 5 heteroatoms. The number of aromatic nitrogens is 2. The summed E-state index contributed by atoms with van der Waals surface area (Å²) >= 11 is 0. The van der Waals surface area contributed by atoms with Crippen molar-refractivity contribution in [2.24, 2.45) is 5.73 Å². The molecule has 16 heavy (non-hydrogen) atoms. The van der Waals surface area contributed by atoms with Crippen LogP contribution in [0.3, 0.4) is 0 Å². The lowest BCUT2D eigenvalue weighted by molar-refractivity contribution is 0.305. The van der Waals surface area contributed by atoms with Crippen LogP contribution in [-0.2, 0) is 6.42 Å². The van der Waals surface area contributed by atoms with Gasteiger partial charge in [0.15, 0.2) is 5.82 Å². The average Bonchev–Trinajstić information content (AvgIpc) is 2.89. The number of likely N-dealkylation sites (tertiary alicyclic amines) is 1. The summed E-state index contributed by atoms with van der Waals surface area (Å²) in [6.07, 6.45) is 4.41. The van der Waals surface area contributed by atoms with Gasteiger partial charge in [0.2, 0.25) is 5.89 Å². The molecule has 0 amide bonds. The van der Waals surface area contributed by atoms with Crippen LogP contribution in [-0.4, -0.2) is 34.7 Å². The second kappa shape index (κ2) is 5.41. The van der Waals surface area contributed by atoms with E-state index in [0.717, 1.165) is 32.5 Å².